The first-order valence-electron chi connectivity index (χ1n) is 6.70. The Morgan fingerprint density at radius 1 is 1.56 bits per heavy atom. The molecule has 0 saturated carbocycles. The third-order valence-electron chi connectivity index (χ3n) is 3.22. The van der Waals surface area contributed by atoms with Crippen molar-refractivity contribution in [1.29, 1.82) is 0 Å². The van der Waals surface area contributed by atoms with Gasteiger partial charge >= 0.3 is 0 Å². The van der Waals surface area contributed by atoms with Gasteiger partial charge in [-0.1, -0.05) is 19.9 Å². The first-order chi connectivity index (χ1) is 8.75. The van der Waals surface area contributed by atoms with Crippen LogP contribution in [-0.2, 0) is 11.3 Å². The zero-order valence-corrected chi connectivity index (χ0v) is 11.3. The number of nitrogens with zero attached hydrogens (tertiary/aromatic N) is 2. The number of hydrogen-bond acceptors (Lipinski definition) is 4. The maximum atomic E-state index is 5.59. The van der Waals surface area contributed by atoms with E-state index < -0.39 is 0 Å². The molecule has 1 atom stereocenters. The Kier molecular flexibility index (Phi) is 5.11. The van der Waals surface area contributed by atoms with Crippen molar-refractivity contribution >= 4 is 0 Å². The highest BCUT2D eigenvalue weighted by atomic mass is 16.5. The van der Waals surface area contributed by atoms with Crippen LogP contribution in [0, 0.1) is 0 Å². The second-order valence-corrected chi connectivity index (χ2v) is 5.12. The molecule has 2 rings (SSSR count). The maximum Gasteiger partial charge on any atom is 0.0635 e. The molecule has 2 heterocycles. The number of morpholine rings is 1. The van der Waals surface area contributed by atoms with Crippen LogP contribution in [0.5, 0.6) is 0 Å². The monoisotopic (exact) mass is 249 g/mol. The van der Waals surface area contributed by atoms with Crippen molar-refractivity contribution in [2.45, 2.75) is 32.5 Å². The Bertz CT molecular complexity index is 342. The summed E-state index contributed by atoms with van der Waals surface area (Å²) in [4.78, 5) is 6.66. The highest BCUT2D eigenvalue weighted by Gasteiger charge is 2.22. The van der Waals surface area contributed by atoms with Gasteiger partial charge in [-0.3, -0.25) is 9.88 Å². The second kappa shape index (κ2) is 6.83. The molecule has 1 aromatic rings. The predicted octanol–water partition coefficient (Wildman–Crippen LogP) is 1.28. The van der Waals surface area contributed by atoms with Gasteiger partial charge in [-0.2, -0.15) is 0 Å². The van der Waals surface area contributed by atoms with Crippen LogP contribution in [0.1, 0.15) is 19.4 Å². The summed E-state index contributed by atoms with van der Waals surface area (Å²) in [6, 6.07) is 5.11. The predicted molar refractivity (Wildman–Crippen MR) is 72.4 cm³/mol. The molecule has 0 radical (unpaired) electrons. The number of ether oxygens (including phenoxy) is 1. The Morgan fingerprint density at radius 3 is 3.17 bits per heavy atom. The van der Waals surface area contributed by atoms with Crippen LogP contribution >= 0.6 is 0 Å². The van der Waals surface area contributed by atoms with Gasteiger partial charge in [-0.15, -0.1) is 0 Å². The highest BCUT2D eigenvalue weighted by Crippen LogP contribution is 2.11. The molecular weight excluding hydrogens is 226 g/mol. The smallest absolute Gasteiger partial charge is 0.0635 e. The molecule has 1 aliphatic rings. The van der Waals surface area contributed by atoms with E-state index in [9.17, 15) is 0 Å². The second-order valence-electron chi connectivity index (χ2n) is 5.12. The largest absolute Gasteiger partial charge is 0.378 e. The normalized spacial score (nSPS) is 21.4. The Labute approximate surface area is 109 Å². The third kappa shape index (κ3) is 4.05. The Morgan fingerprint density at radius 2 is 2.44 bits per heavy atom. The van der Waals surface area contributed by atoms with Gasteiger partial charge in [-0.05, 0) is 11.6 Å². The van der Waals surface area contributed by atoms with E-state index in [1.54, 1.807) is 0 Å². The molecule has 0 aliphatic carbocycles. The molecule has 1 aliphatic heterocycles. The molecule has 0 spiro atoms. The van der Waals surface area contributed by atoms with Gasteiger partial charge in [0, 0.05) is 44.1 Å². The van der Waals surface area contributed by atoms with Crippen molar-refractivity contribution in [3.05, 3.63) is 30.1 Å². The van der Waals surface area contributed by atoms with Gasteiger partial charge in [0.05, 0.1) is 13.2 Å². The molecule has 1 aromatic heterocycles. The summed E-state index contributed by atoms with van der Waals surface area (Å²) in [5.74, 6) is 0. The molecule has 18 heavy (non-hydrogen) atoms. The lowest BCUT2D eigenvalue weighted by Crippen LogP contribution is -2.50. The standard InChI is InChI=1S/C14H23N3O/c1-12(2)16-9-14-11-18-7-6-17(14)10-13-4-3-5-15-8-13/h3-5,8,12,14,16H,6-7,9-11H2,1-2H3. The molecule has 0 aromatic carbocycles. The molecule has 1 N–H and O–H groups in total. The maximum absolute atomic E-state index is 5.59. The molecule has 1 unspecified atom stereocenters. The molecule has 4 nitrogen and oxygen atoms in total. The van der Waals surface area contributed by atoms with Crippen molar-refractivity contribution in [2.24, 2.45) is 0 Å². The van der Waals surface area contributed by atoms with E-state index >= 15 is 0 Å². The van der Waals surface area contributed by atoms with Gasteiger partial charge in [0.1, 0.15) is 0 Å². The summed E-state index contributed by atoms with van der Waals surface area (Å²) < 4.78 is 5.59. The van der Waals surface area contributed by atoms with Crippen molar-refractivity contribution in [3.63, 3.8) is 0 Å². The van der Waals surface area contributed by atoms with Crippen molar-refractivity contribution in [1.82, 2.24) is 15.2 Å². The van der Waals surface area contributed by atoms with Gasteiger partial charge in [-0.25, -0.2) is 0 Å². The number of nitrogens with one attached hydrogen (secondary N) is 1. The number of rotatable bonds is 5. The molecule has 0 amide bonds. The van der Waals surface area contributed by atoms with E-state index in [-0.39, 0.29) is 0 Å². The quantitative estimate of drug-likeness (QED) is 0.853. The van der Waals surface area contributed by atoms with Gasteiger partial charge in [0.25, 0.3) is 0 Å². The Hall–Kier alpha value is -0.970. The zero-order valence-electron chi connectivity index (χ0n) is 11.3. The molecule has 100 valence electrons. The van der Waals surface area contributed by atoms with E-state index in [0.29, 0.717) is 12.1 Å². The van der Waals surface area contributed by atoms with Crippen molar-refractivity contribution in [3.8, 4) is 0 Å². The average Bonchev–Trinajstić information content (AvgIpc) is 2.39. The number of aromatic nitrogens is 1. The fourth-order valence-electron chi connectivity index (χ4n) is 2.18. The molecule has 1 fully saturated rings. The van der Waals surface area contributed by atoms with Crippen LogP contribution in [0.2, 0.25) is 0 Å². The van der Waals surface area contributed by atoms with Crippen LogP contribution in [0.25, 0.3) is 0 Å². The van der Waals surface area contributed by atoms with Crippen LogP contribution in [-0.4, -0.2) is 48.3 Å². The first-order valence-corrected chi connectivity index (χ1v) is 6.70. The van der Waals surface area contributed by atoms with Gasteiger partial charge in [0.2, 0.25) is 0 Å². The molecule has 0 bridgehead atoms. The number of pyridine rings is 1. The summed E-state index contributed by atoms with van der Waals surface area (Å²) in [6.07, 6.45) is 3.77. The van der Waals surface area contributed by atoms with Crippen LogP contribution in [0.3, 0.4) is 0 Å². The fraction of sp³-hybridized carbons (Fsp3) is 0.643. The van der Waals surface area contributed by atoms with E-state index in [2.05, 4.69) is 35.1 Å². The lowest BCUT2D eigenvalue weighted by atomic mass is 10.1. The van der Waals surface area contributed by atoms with Crippen LogP contribution < -0.4 is 5.32 Å². The summed E-state index contributed by atoms with van der Waals surface area (Å²) in [7, 11) is 0. The average molecular weight is 249 g/mol. The zero-order chi connectivity index (χ0) is 12.8. The lowest BCUT2D eigenvalue weighted by molar-refractivity contribution is -0.0115. The summed E-state index contributed by atoms with van der Waals surface area (Å²) in [6.45, 7) is 8.95. The molecular formula is C14H23N3O. The van der Waals surface area contributed by atoms with E-state index in [0.717, 1.165) is 32.8 Å². The SMILES string of the molecule is CC(C)NCC1COCCN1Cc1cccnc1. The van der Waals surface area contributed by atoms with Crippen molar-refractivity contribution in [2.75, 3.05) is 26.3 Å². The van der Waals surface area contributed by atoms with E-state index in [1.165, 1.54) is 5.56 Å². The van der Waals surface area contributed by atoms with Crippen LogP contribution in [0.4, 0.5) is 0 Å². The highest BCUT2D eigenvalue weighted by molar-refractivity contribution is 5.08. The topological polar surface area (TPSA) is 37.4 Å². The fourth-order valence-corrected chi connectivity index (χ4v) is 2.18. The first kappa shape index (κ1) is 13.5. The van der Waals surface area contributed by atoms with Crippen LogP contribution in [0.15, 0.2) is 24.5 Å². The summed E-state index contributed by atoms with van der Waals surface area (Å²) >= 11 is 0. The van der Waals surface area contributed by atoms with E-state index in [4.69, 9.17) is 4.74 Å². The lowest BCUT2D eigenvalue weighted by Gasteiger charge is -2.36. The Balaban J connectivity index is 1.91. The molecule has 1 saturated heterocycles. The molecule has 4 heteroatoms. The number of hydrogen-bond donors (Lipinski definition) is 1. The minimum Gasteiger partial charge on any atom is -0.378 e. The minimum absolute atomic E-state index is 0.460. The minimum atomic E-state index is 0.460. The summed E-state index contributed by atoms with van der Waals surface area (Å²) in [5.41, 5.74) is 1.27. The van der Waals surface area contributed by atoms with Crippen molar-refractivity contribution < 1.29 is 4.74 Å². The summed E-state index contributed by atoms with van der Waals surface area (Å²) in [5, 5.41) is 3.49. The van der Waals surface area contributed by atoms with Gasteiger partial charge < -0.3 is 10.1 Å². The van der Waals surface area contributed by atoms with Gasteiger partial charge in [0.15, 0.2) is 0 Å². The third-order valence-corrected chi connectivity index (χ3v) is 3.22. The van der Waals surface area contributed by atoms with E-state index in [1.807, 2.05) is 18.5 Å².